The van der Waals surface area contributed by atoms with Gasteiger partial charge in [0.25, 0.3) is 0 Å². The van der Waals surface area contributed by atoms with Crippen LogP contribution in [0.4, 0.5) is 11.6 Å². The van der Waals surface area contributed by atoms with Crippen LogP contribution in [0.25, 0.3) is 4.96 Å². The van der Waals surface area contributed by atoms with Crippen LogP contribution in [-0.2, 0) is 0 Å². The molecule has 3 rings (SSSR count). The van der Waals surface area contributed by atoms with Gasteiger partial charge in [-0.1, -0.05) is 0 Å². The summed E-state index contributed by atoms with van der Waals surface area (Å²) in [6.07, 6.45) is 2.54. The van der Waals surface area contributed by atoms with E-state index in [1.807, 2.05) is 5.38 Å². The van der Waals surface area contributed by atoms with E-state index in [4.69, 9.17) is 11.5 Å². The summed E-state index contributed by atoms with van der Waals surface area (Å²) in [6.45, 7) is 0. The molecule has 9 heteroatoms. The zero-order valence-corrected chi connectivity index (χ0v) is 11.1. The third-order valence-corrected chi connectivity index (χ3v) is 3.93. The van der Waals surface area contributed by atoms with Crippen LogP contribution < -0.4 is 11.5 Å². The number of fused-ring (bicyclic) bond motifs is 1. The fraction of sp³-hybridized carbons (Fsp3) is 0. The largest absolute Gasteiger partial charge is 0.383 e. The Morgan fingerprint density at radius 2 is 2.00 bits per heavy atom. The predicted molar refractivity (Wildman–Crippen MR) is 73.4 cm³/mol. The first-order chi connectivity index (χ1) is 9.17. The quantitative estimate of drug-likeness (QED) is 0.553. The minimum atomic E-state index is 0.281. The maximum atomic E-state index is 11.2. The van der Waals surface area contributed by atoms with Crippen LogP contribution in [-0.4, -0.2) is 25.6 Å². The summed E-state index contributed by atoms with van der Waals surface area (Å²) < 4.78 is 1.72. The van der Waals surface area contributed by atoms with Gasteiger partial charge in [-0.3, -0.25) is 9.20 Å². The number of hydrogen-bond donors (Lipinski definition) is 2. The van der Waals surface area contributed by atoms with Gasteiger partial charge in [-0.15, -0.1) is 11.3 Å². The molecule has 96 valence electrons. The molecule has 0 fully saturated rings. The van der Waals surface area contributed by atoms with E-state index in [0.717, 1.165) is 23.0 Å². The van der Waals surface area contributed by atoms with Gasteiger partial charge >= 0.3 is 0 Å². The van der Waals surface area contributed by atoms with Crippen LogP contribution >= 0.6 is 23.1 Å². The topological polar surface area (TPSA) is 112 Å². The minimum absolute atomic E-state index is 0.281. The van der Waals surface area contributed by atoms with E-state index in [1.54, 1.807) is 10.6 Å². The van der Waals surface area contributed by atoms with Crippen LogP contribution in [0.15, 0.2) is 27.8 Å². The Bertz CT molecular complexity index is 744. The Kier molecular flexibility index (Phi) is 2.84. The second kappa shape index (κ2) is 4.52. The maximum Gasteiger partial charge on any atom is 0.197 e. The molecule has 0 radical (unpaired) electrons. The molecule has 0 aliphatic heterocycles. The molecule has 0 saturated carbocycles. The van der Waals surface area contributed by atoms with Gasteiger partial charge in [0, 0.05) is 17.6 Å². The molecule has 19 heavy (non-hydrogen) atoms. The van der Waals surface area contributed by atoms with E-state index < -0.39 is 0 Å². The Morgan fingerprint density at radius 3 is 2.68 bits per heavy atom. The van der Waals surface area contributed by atoms with Crippen molar-refractivity contribution in [1.29, 1.82) is 0 Å². The lowest BCUT2D eigenvalue weighted by Gasteiger charge is -2.00. The van der Waals surface area contributed by atoms with E-state index in [-0.39, 0.29) is 11.6 Å². The Balaban J connectivity index is 2.04. The number of hydrogen-bond acceptors (Lipinski definition) is 8. The average molecular weight is 292 g/mol. The zero-order valence-electron chi connectivity index (χ0n) is 9.48. The van der Waals surface area contributed by atoms with E-state index in [1.165, 1.54) is 17.4 Å². The van der Waals surface area contributed by atoms with E-state index >= 15 is 0 Å². The molecule has 7 nitrogen and oxygen atoms in total. The lowest BCUT2D eigenvalue weighted by atomic mass is 10.5. The zero-order chi connectivity index (χ0) is 13.4. The summed E-state index contributed by atoms with van der Waals surface area (Å²) in [5, 5.41) is 2.76. The molecule has 0 spiro atoms. The number of nitrogens with zero attached hydrogens (tertiary/aromatic N) is 4. The van der Waals surface area contributed by atoms with Crippen molar-refractivity contribution >= 4 is 46.0 Å². The summed E-state index contributed by atoms with van der Waals surface area (Å²) in [4.78, 5) is 24.3. The van der Waals surface area contributed by atoms with Crippen LogP contribution in [0.1, 0.15) is 10.5 Å². The van der Waals surface area contributed by atoms with Crippen molar-refractivity contribution in [2.75, 3.05) is 11.5 Å². The van der Waals surface area contributed by atoms with Gasteiger partial charge < -0.3 is 11.5 Å². The first kappa shape index (κ1) is 11.9. The second-order valence-corrected chi connectivity index (χ2v) is 5.41. The van der Waals surface area contributed by atoms with Crippen molar-refractivity contribution < 1.29 is 4.79 Å². The van der Waals surface area contributed by atoms with Gasteiger partial charge in [-0.05, 0) is 11.8 Å². The van der Waals surface area contributed by atoms with Crippen molar-refractivity contribution in [3.8, 4) is 0 Å². The van der Waals surface area contributed by atoms with E-state index in [0.29, 0.717) is 15.9 Å². The molecular formula is C10H8N6OS2. The summed E-state index contributed by atoms with van der Waals surface area (Å²) >= 11 is 2.60. The molecule has 3 heterocycles. The number of carbonyl (C=O) groups is 1. The number of carbonyl (C=O) groups excluding carboxylic acids is 1. The molecule has 0 aliphatic rings. The van der Waals surface area contributed by atoms with Gasteiger partial charge in [0.1, 0.15) is 22.4 Å². The van der Waals surface area contributed by atoms with Gasteiger partial charge in [-0.25, -0.2) is 15.0 Å². The van der Waals surface area contributed by atoms with Crippen LogP contribution in [0, 0.1) is 0 Å². The number of rotatable bonds is 3. The fourth-order valence-electron chi connectivity index (χ4n) is 1.56. The minimum Gasteiger partial charge on any atom is -0.383 e. The van der Waals surface area contributed by atoms with Crippen molar-refractivity contribution in [2.24, 2.45) is 0 Å². The molecule has 0 bridgehead atoms. The molecular weight excluding hydrogens is 284 g/mol. The number of nitrogen functional groups attached to an aromatic ring is 2. The smallest absolute Gasteiger partial charge is 0.197 e. The number of aldehydes is 1. The Hall–Kier alpha value is -2.13. The highest BCUT2D eigenvalue weighted by Crippen LogP contribution is 2.29. The Morgan fingerprint density at radius 1 is 1.26 bits per heavy atom. The maximum absolute atomic E-state index is 11.2. The first-order valence-corrected chi connectivity index (χ1v) is 6.85. The van der Waals surface area contributed by atoms with Crippen molar-refractivity contribution in [1.82, 2.24) is 19.4 Å². The molecule has 3 aromatic rings. The number of thiazole rings is 1. The number of aromatic nitrogens is 4. The van der Waals surface area contributed by atoms with Crippen LogP contribution in [0.5, 0.6) is 0 Å². The van der Waals surface area contributed by atoms with Crippen LogP contribution in [0.3, 0.4) is 0 Å². The van der Waals surface area contributed by atoms with Gasteiger partial charge in [0.05, 0.1) is 0 Å². The first-order valence-electron chi connectivity index (χ1n) is 5.16. The molecule has 0 aliphatic carbocycles. The third-order valence-electron chi connectivity index (χ3n) is 2.31. The van der Waals surface area contributed by atoms with Crippen molar-refractivity contribution in [2.45, 2.75) is 10.2 Å². The van der Waals surface area contributed by atoms with E-state index in [9.17, 15) is 4.79 Å². The highest BCUT2D eigenvalue weighted by Gasteiger charge is 2.15. The van der Waals surface area contributed by atoms with E-state index in [2.05, 4.69) is 15.0 Å². The molecule has 0 saturated heterocycles. The van der Waals surface area contributed by atoms with Crippen molar-refractivity contribution in [3.05, 3.63) is 23.3 Å². The second-order valence-electron chi connectivity index (χ2n) is 3.58. The summed E-state index contributed by atoms with van der Waals surface area (Å²) in [6, 6.07) is 1.47. The molecule has 0 unspecified atom stereocenters. The average Bonchev–Trinajstić information content (AvgIpc) is 2.87. The Labute approximate surface area is 115 Å². The number of anilines is 2. The molecule has 3 aromatic heterocycles. The molecule has 0 amide bonds. The van der Waals surface area contributed by atoms with Gasteiger partial charge in [0.2, 0.25) is 0 Å². The highest BCUT2D eigenvalue weighted by molar-refractivity contribution is 7.99. The standard InChI is InChI=1S/C10H8N6OS2/c11-6-3-7(12)14-9(13-6)19-8-5(4-17)16-1-2-18-10(16)15-8/h1-4H,(H4,11,12,13,14). The SMILES string of the molecule is Nc1cc(N)nc(Sc2nc3sccn3c2C=O)n1. The fourth-order valence-corrected chi connectivity index (χ4v) is 3.20. The normalized spacial score (nSPS) is 10.9. The highest BCUT2D eigenvalue weighted by atomic mass is 32.2. The van der Waals surface area contributed by atoms with Gasteiger partial charge in [-0.2, -0.15) is 0 Å². The summed E-state index contributed by atoms with van der Waals surface area (Å²) in [7, 11) is 0. The molecule has 0 atom stereocenters. The third kappa shape index (κ3) is 2.13. The summed E-state index contributed by atoms with van der Waals surface area (Å²) in [5.41, 5.74) is 11.7. The van der Waals surface area contributed by atoms with Crippen LogP contribution in [0.2, 0.25) is 0 Å². The van der Waals surface area contributed by atoms with Gasteiger partial charge in [0.15, 0.2) is 16.4 Å². The number of nitrogens with two attached hydrogens (primary N) is 2. The number of imidazole rings is 1. The monoisotopic (exact) mass is 292 g/mol. The predicted octanol–water partition coefficient (Wildman–Crippen LogP) is 1.31. The lowest BCUT2D eigenvalue weighted by Crippen LogP contribution is -1.99. The molecule has 4 N–H and O–H groups in total. The van der Waals surface area contributed by atoms with Crippen molar-refractivity contribution in [3.63, 3.8) is 0 Å². The molecule has 0 aromatic carbocycles. The lowest BCUT2D eigenvalue weighted by molar-refractivity contribution is 0.111. The summed E-state index contributed by atoms with van der Waals surface area (Å²) in [5.74, 6) is 0.562.